The first kappa shape index (κ1) is 11.2. The summed E-state index contributed by atoms with van der Waals surface area (Å²) in [5.41, 5.74) is 0. The fraction of sp³-hybridized carbons (Fsp3) is 0.700. The van der Waals surface area contributed by atoms with E-state index in [9.17, 15) is 0 Å². The molecule has 1 rings (SSSR count). The number of imidazole rings is 1. The summed E-state index contributed by atoms with van der Waals surface area (Å²) in [5.74, 6) is 0.350. The molecular weight excluding hydrogens is 178 g/mol. The summed E-state index contributed by atoms with van der Waals surface area (Å²) in [6, 6.07) is 0. The van der Waals surface area contributed by atoms with Gasteiger partial charge in [-0.05, 0) is 25.4 Å². The molecule has 0 spiro atoms. The molecule has 0 aliphatic heterocycles. The number of rotatable bonds is 7. The van der Waals surface area contributed by atoms with Crippen molar-refractivity contribution in [2.45, 2.75) is 19.9 Å². The zero-order valence-electron chi connectivity index (χ0n) is 8.69. The third kappa shape index (κ3) is 4.39. The van der Waals surface area contributed by atoms with E-state index in [0.29, 0.717) is 5.92 Å². The Labute approximate surface area is 85.0 Å². The van der Waals surface area contributed by atoms with E-state index in [1.54, 1.807) is 6.20 Å². The van der Waals surface area contributed by atoms with Gasteiger partial charge in [0, 0.05) is 25.5 Å². The van der Waals surface area contributed by atoms with Crippen LogP contribution in [0.2, 0.25) is 0 Å². The highest BCUT2D eigenvalue weighted by Gasteiger charge is 1.97. The smallest absolute Gasteiger partial charge is 0.0945 e. The Morgan fingerprint density at radius 2 is 2.43 bits per heavy atom. The number of aliphatic hydroxyl groups is 1. The molecule has 0 bridgehead atoms. The molecular formula is C10H19N3O. The van der Waals surface area contributed by atoms with Gasteiger partial charge in [0.15, 0.2) is 0 Å². The zero-order valence-corrected chi connectivity index (χ0v) is 8.69. The number of aliphatic hydroxyl groups excluding tert-OH is 1. The van der Waals surface area contributed by atoms with Gasteiger partial charge in [0.05, 0.1) is 6.33 Å². The summed E-state index contributed by atoms with van der Waals surface area (Å²) < 4.78 is 2.07. The van der Waals surface area contributed by atoms with Gasteiger partial charge in [-0.2, -0.15) is 0 Å². The monoisotopic (exact) mass is 197 g/mol. The van der Waals surface area contributed by atoms with Gasteiger partial charge in [-0.25, -0.2) is 4.98 Å². The van der Waals surface area contributed by atoms with Crippen molar-refractivity contribution in [3.8, 4) is 0 Å². The lowest BCUT2D eigenvalue weighted by molar-refractivity contribution is 0.233. The molecule has 0 saturated heterocycles. The highest BCUT2D eigenvalue weighted by atomic mass is 16.3. The normalized spacial score (nSPS) is 13.0. The van der Waals surface area contributed by atoms with Gasteiger partial charge in [-0.3, -0.25) is 0 Å². The minimum atomic E-state index is 0.258. The third-order valence-corrected chi connectivity index (χ3v) is 2.13. The van der Waals surface area contributed by atoms with E-state index in [0.717, 1.165) is 26.1 Å². The topological polar surface area (TPSA) is 50.1 Å². The molecule has 0 aliphatic carbocycles. The number of aromatic nitrogens is 2. The highest BCUT2D eigenvalue weighted by Crippen LogP contribution is 1.91. The van der Waals surface area contributed by atoms with Crippen LogP contribution >= 0.6 is 0 Å². The van der Waals surface area contributed by atoms with Gasteiger partial charge in [-0.15, -0.1) is 0 Å². The van der Waals surface area contributed by atoms with Crippen molar-refractivity contribution >= 4 is 0 Å². The van der Waals surface area contributed by atoms with E-state index < -0.39 is 0 Å². The van der Waals surface area contributed by atoms with Crippen LogP contribution in [-0.4, -0.2) is 34.4 Å². The molecule has 0 saturated carbocycles. The van der Waals surface area contributed by atoms with E-state index in [2.05, 4.69) is 14.9 Å². The Morgan fingerprint density at radius 3 is 3.07 bits per heavy atom. The van der Waals surface area contributed by atoms with Crippen molar-refractivity contribution in [2.75, 3.05) is 19.7 Å². The molecule has 0 amide bonds. The average Bonchev–Trinajstić information content (AvgIpc) is 2.69. The molecule has 14 heavy (non-hydrogen) atoms. The fourth-order valence-corrected chi connectivity index (χ4v) is 1.22. The van der Waals surface area contributed by atoms with E-state index in [-0.39, 0.29) is 6.61 Å². The Balaban J connectivity index is 1.95. The van der Waals surface area contributed by atoms with Crippen LogP contribution in [-0.2, 0) is 6.54 Å². The van der Waals surface area contributed by atoms with Crippen LogP contribution in [0.3, 0.4) is 0 Å². The second-order valence-electron chi connectivity index (χ2n) is 3.65. The maximum atomic E-state index is 8.79. The molecule has 4 nitrogen and oxygen atoms in total. The fourth-order valence-electron chi connectivity index (χ4n) is 1.22. The maximum absolute atomic E-state index is 8.79. The van der Waals surface area contributed by atoms with Crippen LogP contribution in [0.15, 0.2) is 18.7 Å². The number of hydrogen-bond acceptors (Lipinski definition) is 3. The third-order valence-electron chi connectivity index (χ3n) is 2.13. The SMILES string of the molecule is CC(CO)CNCCCn1ccnc1. The molecule has 0 radical (unpaired) electrons. The molecule has 2 N–H and O–H groups in total. The number of hydrogen-bond donors (Lipinski definition) is 2. The first-order chi connectivity index (χ1) is 6.83. The summed E-state index contributed by atoms with van der Waals surface area (Å²) >= 11 is 0. The Hall–Kier alpha value is -0.870. The summed E-state index contributed by atoms with van der Waals surface area (Å²) in [7, 11) is 0. The summed E-state index contributed by atoms with van der Waals surface area (Å²) in [4.78, 5) is 3.97. The highest BCUT2D eigenvalue weighted by molar-refractivity contribution is 4.73. The lowest BCUT2D eigenvalue weighted by atomic mass is 10.2. The molecule has 0 aliphatic rings. The number of aryl methyl sites for hydroxylation is 1. The molecule has 1 heterocycles. The van der Waals surface area contributed by atoms with Crippen LogP contribution in [0.4, 0.5) is 0 Å². The second kappa shape index (κ2) is 6.56. The van der Waals surface area contributed by atoms with Gasteiger partial charge >= 0.3 is 0 Å². The maximum Gasteiger partial charge on any atom is 0.0945 e. The van der Waals surface area contributed by atoms with E-state index in [1.807, 2.05) is 19.4 Å². The van der Waals surface area contributed by atoms with Crippen molar-refractivity contribution in [3.63, 3.8) is 0 Å². The summed E-state index contributed by atoms with van der Waals surface area (Å²) in [5, 5.41) is 12.1. The van der Waals surface area contributed by atoms with Gasteiger partial charge in [0.2, 0.25) is 0 Å². The molecule has 0 aromatic carbocycles. The minimum Gasteiger partial charge on any atom is -0.396 e. The Morgan fingerprint density at radius 1 is 1.57 bits per heavy atom. The van der Waals surface area contributed by atoms with Crippen molar-refractivity contribution in [2.24, 2.45) is 5.92 Å². The largest absolute Gasteiger partial charge is 0.396 e. The minimum absolute atomic E-state index is 0.258. The molecule has 1 atom stereocenters. The van der Waals surface area contributed by atoms with Crippen LogP contribution < -0.4 is 5.32 Å². The molecule has 4 heteroatoms. The van der Waals surface area contributed by atoms with Gasteiger partial charge in [-0.1, -0.05) is 6.92 Å². The van der Waals surface area contributed by atoms with Gasteiger partial charge < -0.3 is 15.0 Å². The Kier molecular flexibility index (Phi) is 5.25. The van der Waals surface area contributed by atoms with Crippen LogP contribution in [0.5, 0.6) is 0 Å². The summed E-state index contributed by atoms with van der Waals surface area (Å²) in [6.07, 6.45) is 6.68. The molecule has 1 aromatic heterocycles. The molecule has 1 aromatic rings. The van der Waals surface area contributed by atoms with Crippen LogP contribution in [0.25, 0.3) is 0 Å². The second-order valence-corrected chi connectivity index (χ2v) is 3.65. The van der Waals surface area contributed by atoms with Crippen molar-refractivity contribution in [3.05, 3.63) is 18.7 Å². The van der Waals surface area contributed by atoms with Crippen molar-refractivity contribution < 1.29 is 5.11 Å². The van der Waals surface area contributed by atoms with Crippen molar-refractivity contribution in [1.82, 2.24) is 14.9 Å². The number of nitrogens with zero attached hydrogens (tertiary/aromatic N) is 2. The van der Waals surface area contributed by atoms with E-state index in [4.69, 9.17) is 5.11 Å². The summed E-state index contributed by atoms with van der Waals surface area (Å²) in [6.45, 7) is 5.17. The first-order valence-corrected chi connectivity index (χ1v) is 5.10. The Bertz CT molecular complexity index is 223. The van der Waals surface area contributed by atoms with Gasteiger partial charge in [0.1, 0.15) is 0 Å². The molecule has 80 valence electrons. The van der Waals surface area contributed by atoms with Crippen LogP contribution in [0, 0.1) is 5.92 Å². The lowest BCUT2D eigenvalue weighted by Gasteiger charge is -2.09. The van der Waals surface area contributed by atoms with Gasteiger partial charge in [0.25, 0.3) is 0 Å². The van der Waals surface area contributed by atoms with Crippen LogP contribution in [0.1, 0.15) is 13.3 Å². The first-order valence-electron chi connectivity index (χ1n) is 5.10. The van der Waals surface area contributed by atoms with Crippen molar-refractivity contribution in [1.29, 1.82) is 0 Å². The quantitative estimate of drug-likeness (QED) is 0.625. The molecule has 1 unspecified atom stereocenters. The average molecular weight is 197 g/mol. The lowest BCUT2D eigenvalue weighted by Crippen LogP contribution is -2.24. The predicted molar refractivity (Wildman–Crippen MR) is 56.0 cm³/mol. The zero-order chi connectivity index (χ0) is 10.2. The van der Waals surface area contributed by atoms with E-state index in [1.165, 1.54) is 0 Å². The predicted octanol–water partition coefficient (Wildman–Crippen LogP) is 0.491. The molecule has 0 fully saturated rings. The van der Waals surface area contributed by atoms with E-state index >= 15 is 0 Å². The number of nitrogens with one attached hydrogen (secondary N) is 1. The standard InChI is InChI=1S/C10H19N3O/c1-10(8-14)7-11-3-2-5-13-6-4-12-9-13/h4,6,9-11,14H,2-3,5,7-8H2,1H3.